The van der Waals surface area contributed by atoms with Crippen molar-refractivity contribution in [2.75, 3.05) is 39.6 Å². The second-order valence-electron chi connectivity index (χ2n) is 25.5. The zero-order valence-electron chi connectivity index (χ0n) is 62.6. The number of rotatable bonds is 72. The molecule has 0 aliphatic carbocycles. The molecule has 0 saturated carbocycles. The summed E-state index contributed by atoms with van der Waals surface area (Å²) >= 11 is 0. The highest BCUT2D eigenvalue weighted by molar-refractivity contribution is 7.47. The molecule has 0 aliphatic heterocycles. The molecule has 5 atom stereocenters. The van der Waals surface area contributed by atoms with E-state index in [1.54, 1.807) is 0 Å². The number of phosphoric acid groups is 2. The fourth-order valence-electron chi connectivity index (χ4n) is 10.0. The van der Waals surface area contributed by atoms with Crippen molar-refractivity contribution in [2.24, 2.45) is 0 Å². The first-order chi connectivity index (χ1) is 48.7. The highest BCUT2D eigenvalue weighted by Crippen LogP contribution is 2.45. The van der Waals surface area contributed by atoms with Gasteiger partial charge in [-0.25, -0.2) is 9.13 Å². The van der Waals surface area contributed by atoms with Crippen molar-refractivity contribution in [1.82, 2.24) is 0 Å². The molecule has 0 aromatic carbocycles. The summed E-state index contributed by atoms with van der Waals surface area (Å²) in [6.45, 7) is 4.53. The van der Waals surface area contributed by atoms with Gasteiger partial charge in [-0.1, -0.05) is 258 Å². The third-order valence-corrected chi connectivity index (χ3v) is 17.8. The van der Waals surface area contributed by atoms with Crippen molar-refractivity contribution in [1.29, 1.82) is 0 Å². The summed E-state index contributed by atoms with van der Waals surface area (Å²) in [6.07, 6.45) is 79.0. The van der Waals surface area contributed by atoms with Gasteiger partial charge in [0.2, 0.25) is 0 Å². The Morgan fingerprint density at radius 2 is 0.530 bits per heavy atom. The first kappa shape index (κ1) is 95.5. The van der Waals surface area contributed by atoms with E-state index in [2.05, 4.69) is 149 Å². The van der Waals surface area contributed by atoms with Crippen LogP contribution in [0.1, 0.15) is 310 Å². The lowest BCUT2D eigenvalue weighted by atomic mass is 10.1. The number of esters is 4. The van der Waals surface area contributed by atoms with Crippen LogP contribution in [0.3, 0.4) is 0 Å². The van der Waals surface area contributed by atoms with E-state index in [1.807, 2.05) is 0 Å². The molecule has 574 valence electrons. The van der Waals surface area contributed by atoms with Gasteiger partial charge in [0.15, 0.2) is 12.2 Å². The van der Waals surface area contributed by atoms with E-state index >= 15 is 0 Å². The van der Waals surface area contributed by atoms with E-state index in [1.165, 1.54) is 32.1 Å². The normalized spacial score (nSPS) is 14.6. The fourth-order valence-corrected chi connectivity index (χ4v) is 11.6. The molecule has 0 heterocycles. The van der Waals surface area contributed by atoms with Crippen molar-refractivity contribution in [3.05, 3.63) is 122 Å². The van der Waals surface area contributed by atoms with Gasteiger partial charge in [-0.2, -0.15) is 0 Å². The summed E-state index contributed by atoms with van der Waals surface area (Å²) < 4.78 is 68.5. The molecule has 0 aromatic heterocycles. The minimum absolute atomic E-state index is 0.0733. The number of hydrogen-bond acceptors (Lipinski definition) is 15. The summed E-state index contributed by atoms with van der Waals surface area (Å²) in [5.41, 5.74) is 0. The average Bonchev–Trinajstić information content (AvgIpc) is 0.985. The second kappa shape index (κ2) is 72.8. The zero-order chi connectivity index (χ0) is 73.2. The van der Waals surface area contributed by atoms with Gasteiger partial charge in [0.25, 0.3) is 0 Å². The lowest BCUT2D eigenvalue weighted by Crippen LogP contribution is -2.30. The third-order valence-electron chi connectivity index (χ3n) is 15.9. The first-order valence-electron chi connectivity index (χ1n) is 38.8. The van der Waals surface area contributed by atoms with E-state index in [0.29, 0.717) is 25.7 Å². The summed E-state index contributed by atoms with van der Waals surface area (Å²) in [6, 6.07) is 0. The van der Waals surface area contributed by atoms with Gasteiger partial charge in [0.05, 0.1) is 26.4 Å². The maximum atomic E-state index is 13.1. The van der Waals surface area contributed by atoms with Crippen molar-refractivity contribution >= 4 is 39.5 Å². The lowest BCUT2D eigenvalue weighted by Gasteiger charge is -2.21. The molecule has 0 saturated heterocycles. The smallest absolute Gasteiger partial charge is 0.462 e. The lowest BCUT2D eigenvalue weighted by molar-refractivity contribution is -0.161. The molecular formula is C81H138O17P2. The van der Waals surface area contributed by atoms with Gasteiger partial charge in [-0.3, -0.25) is 37.3 Å². The molecule has 0 aliphatic rings. The molecule has 0 radical (unpaired) electrons. The van der Waals surface area contributed by atoms with Crippen LogP contribution < -0.4 is 0 Å². The van der Waals surface area contributed by atoms with Gasteiger partial charge in [0, 0.05) is 25.7 Å². The van der Waals surface area contributed by atoms with Crippen LogP contribution >= 0.6 is 15.6 Å². The van der Waals surface area contributed by atoms with Crippen molar-refractivity contribution in [3.63, 3.8) is 0 Å². The van der Waals surface area contributed by atoms with Crippen LogP contribution in [-0.2, 0) is 65.4 Å². The SMILES string of the molecule is CC/C=C\C/C=C\C/C=C\C/C=C\CCCCCCCCC(=O)OCC(COP(=O)(O)OCC(O)COP(=O)(O)OCC(COC(=O)CCCCCCC/C=C\C/C=C\C/C=C\CC)OC(=O)CCCCCCC/C=C\CCCC)OC(=O)CCCCCCC/C=C\C/C=C\CCCCC. The maximum Gasteiger partial charge on any atom is 0.472 e. The Morgan fingerprint density at radius 3 is 0.840 bits per heavy atom. The van der Waals surface area contributed by atoms with Gasteiger partial charge in [0.1, 0.15) is 19.3 Å². The Hall–Kier alpha value is -4.54. The van der Waals surface area contributed by atoms with Crippen LogP contribution in [-0.4, -0.2) is 96.7 Å². The van der Waals surface area contributed by atoms with Gasteiger partial charge < -0.3 is 33.8 Å². The number of aliphatic hydroxyl groups excluding tert-OH is 1. The number of carbonyl (C=O) groups is 4. The predicted molar refractivity (Wildman–Crippen MR) is 408 cm³/mol. The van der Waals surface area contributed by atoms with Crippen LogP contribution in [0.15, 0.2) is 122 Å². The van der Waals surface area contributed by atoms with E-state index in [4.69, 9.17) is 37.0 Å². The van der Waals surface area contributed by atoms with Gasteiger partial charge in [-0.15, -0.1) is 0 Å². The molecule has 0 aromatic rings. The minimum Gasteiger partial charge on any atom is -0.462 e. The fraction of sp³-hybridized carbons (Fsp3) is 0.704. The molecule has 5 unspecified atom stereocenters. The van der Waals surface area contributed by atoms with E-state index in [9.17, 15) is 43.2 Å². The quantitative estimate of drug-likeness (QED) is 0.0169. The Balaban J connectivity index is 5.36. The van der Waals surface area contributed by atoms with E-state index < -0.39 is 97.5 Å². The number of ether oxygens (including phenoxy) is 4. The Bertz CT molecular complexity index is 2370. The van der Waals surface area contributed by atoms with Crippen molar-refractivity contribution in [3.8, 4) is 0 Å². The Labute approximate surface area is 606 Å². The Morgan fingerprint density at radius 1 is 0.290 bits per heavy atom. The monoisotopic (exact) mass is 1440 g/mol. The highest BCUT2D eigenvalue weighted by Gasteiger charge is 2.30. The maximum absolute atomic E-state index is 13.1. The van der Waals surface area contributed by atoms with Crippen LogP contribution in [0, 0.1) is 0 Å². The molecule has 0 bridgehead atoms. The molecule has 17 nitrogen and oxygen atoms in total. The largest absolute Gasteiger partial charge is 0.472 e. The third kappa shape index (κ3) is 71.8. The Kier molecular flexibility index (Phi) is 69.5. The number of carbonyl (C=O) groups excluding carboxylic acids is 4. The molecule has 0 fully saturated rings. The number of unbranched alkanes of at least 4 members (excludes halogenated alkanes) is 26. The van der Waals surface area contributed by atoms with Crippen LogP contribution in [0.25, 0.3) is 0 Å². The summed E-state index contributed by atoms with van der Waals surface area (Å²) in [5, 5.41) is 10.6. The topological polar surface area (TPSA) is 237 Å². The van der Waals surface area contributed by atoms with E-state index in [0.717, 1.165) is 199 Å². The molecule has 3 N–H and O–H groups in total. The zero-order valence-corrected chi connectivity index (χ0v) is 64.4. The second-order valence-corrected chi connectivity index (χ2v) is 28.4. The molecule has 0 amide bonds. The van der Waals surface area contributed by atoms with Crippen LogP contribution in [0.5, 0.6) is 0 Å². The summed E-state index contributed by atoms with van der Waals surface area (Å²) in [5.74, 6) is -2.23. The predicted octanol–water partition coefficient (Wildman–Crippen LogP) is 22.3. The van der Waals surface area contributed by atoms with Gasteiger partial charge in [-0.05, 0) is 148 Å². The van der Waals surface area contributed by atoms with E-state index in [-0.39, 0.29) is 25.7 Å². The number of allylic oxidation sites excluding steroid dienone is 20. The molecular weight excluding hydrogens is 1310 g/mol. The van der Waals surface area contributed by atoms with Crippen LogP contribution in [0.2, 0.25) is 0 Å². The standard InChI is InChI=1S/C81H138O17P2/c1-5-9-13-17-21-25-29-32-35-36-37-38-41-43-47-50-54-58-62-66-79(84)92-72-77(98-81(86)68-64-60-56-52-48-44-40-34-31-27-23-19-15-11-7-3)74-96-100(89,90)94-70-75(82)69-93-99(87,88)95-73-76(97-80(85)67-63-59-55-51-45-28-24-20-16-12-8-4)71-91-78(83)65-61-57-53-49-46-42-39-33-30-26-22-18-14-10-6-2/h9-10,13-14,20-27,32-35,37-40,75-77,82H,5-8,11-12,15-19,28-31,36,41-74H2,1-4H3,(H,87,88)(H,89,90)/b13-9-,14-10-,24-20-,25-21-,26-22-,27-23-,35-32-,38-37-,39-33-,40-34-. The molecule has 100 heavy (non-hydrogen) atoms. The minimum atomic E-state index is -4.99. The number of aliphatic hydroxyl groups is 1. The first-order valence-corrected chi connectivity index (χ1v) is 41.8. The van der Waals surface area contributed by atoms with Gasteiger partial charge >= 0.3 is 39.5 Å². The van der Waals surface area contributed by atoms with Crippen molar-refractivity contribution < 1.29 is 80.2 Å². The number of hydrogen-bond donors (Lipinski definition) is 3. The molecule has 0 rings (SSSR count). The average molecular weight is 1450 g/mol. The summed E-state index contributed by atoms with van der Waals surface area (Å²) in [4.78, 5) is 72.9. The van der Waals surface area contributed by atoms with Crippen LogP contribution in [0.4, 0.5) is 0 Å². The highest BCUT2D eigenvalue weighted by atomic mass is 31.2. The molecule has 0 spiro atoms. The van der Waals surface area contributed by atoms with Crippen molar-refractivity contribution in [2.45, 2.75) is 329 Å². The summed E-state index contributed by atoms with van der Waals surface area (Å²) in [7, 11) is -9.97. The molecule has 19 heteroatoms. The number of phosphoric ester groups is 2.